The van der Waals surface area contributed by atoms with Crippen molar-refractivity contribution in [3.63, 3.8) is 0 Å². The molecule has 3 aliphatic rings. The van der Waals surface area contributed by atoms with E-state index in [-0.39, 0.29) is 30.2 Å². The molecule has 0 spiro atoms. The third-order valence-corrected chi connectivity index (χ3v) is 5.91. The Balaban J connectivity index is 1.55. The maximum Gasteiger partial charge on any atom is 0.256 e. The molecule has 6 nitrogen and oxygen atoms in total. The van der Waals surface area contributed by atoms with Gasteiger partial charge in [-0.05, 0) is 31.0 Å². The number of hydrogen-bond donors (Lipinski definition) is 1. The number of amides is 3. The number of halogens is 1. The highest BCUT2D eigenvalue weighted by molar-refractivity contribution is 6.31. The lowest BCUT2D eigenvalue weighted by Gasteiger charge is -2.40. The Bertz CT molecular complexity index is 760. The molecule has 1 aromatic carbocycles. The molecule has 138 valence electrons. The molecule has 0 aromatic heterocycles. The second-order valence-corrected chi connectivity index (χ2v) is 7.75. The summed E-state index contributed by atoms with van der Waals surface area (Å²) in [7, 11) is 0. The van der Waals surface area contributed by atoms with Gasteiger partial charge in [0.2, 0.25) is 11.8 Å². The summed E-state index contributed by atoms with van der Waals surface area (Å²) >= 11 is 6.00. The van der Waals surface area contributed by atoms with E-state index in [1.165, 1.54) is 6.42 Å². The van der Waals surface area contributed by atoms with E-state index in [4.69, 9.17) is 11.6 Å². The van der Waals surface area contributed by atoms with Crippen LogP contribution in [0, 0.1) is 5.92 Å². The lowest BCUT2D eigenvalue weighted by Crippen LogP contribution is -2.60. The molecule has 1 N–H and O–H groups in total. The molecule has 0 bridgehead atoms. The van der Waals surface area contributed by atoms with Crippen molar-refractivity contribution in [3.05, 3.63) is 28.8 Å². The van der Waals surface area contributed by atoms with Gasteiger partial charge in [0.15, 0.2) is 0 Å². The van der Waals surface area contributed by atoms with Gasteiger partial charge in [0, 0.05) is 24.0 Å². The summed E-state index contributed by atoms with van der Waals surface area (Å²) in [5.41, 5.74) is 0.879. The predicted molar refractivity (Wildman–Crippen MR) is 98.1 cm³/mol. The summed E-state index contributed by atoms with van der Waals surface area (Å²) < 4.78 is 0. The van der Waals surface area contributed by atoms with Gasteiger partial charge in [-0.25, -0.2) is 0 Å². The standard InChI is InChI=1S/C19H22ClN3O3/c20-13-6-7-14-15(10-13)21-17(24)16-11-22(8-9-23(16)19(14)26)18(25)12-4-2-1-3-5-12/h6-7,10,12,16H,1-5,8-9,11H2,(H,21,24)/t16-/m0/s1. The van der Waals surface area contributed by atoms with Crippen molar-refractivity contribution in [3.8, 4) is 0 Å². The third kappa shape index (κ3) is 3.07. The van der Waals surface area contributed by atoms with Crippen LogP contribution in [-0.4, -0.2) is 53.2 Å². The molecule has 0 radical (unpaired) electrons. The number of piperazine rings is 1. The summed E-state index contributed by atoms with van der Waals surface area (Å²) in [6.45, 7) is 1.11. The van der Waals surface area contributed by atoms with Gasteiger partial charge in [0.05, 0.1) is 17.8 Å². The SMILES string of the molecule is O=C1Nc2cc(Cl)ccc2C(=O)N2CCN(C(=O)C3CCCCC3)C[C@@H]12. The van der Waals surface area contributed by atoms with E-state index in [1.54, 1.807) is 28.0 Å². The predicted octanol–water partition coefficient (Wildman–Crippen LogP) is 2.53. The van der Waals surface area contributed by atoms with Crippen LogP contribution < -0.4 is 5.32 Å². The topological polar surface area (TPSA) is 69.7 Å². The van der Waals surface area contributed by atoms with Crippen molar-refractivity contribution < 1.29 is 14.4 Å². The smallest absolute Gasteiger partial charge is 0.256 e. The first-order chi connectivity index (χ1) is 12.5. The number of fused-ring (bicyclic) bond motifs is 2. The Kier molecular flexibility index (Phi) is 4.61. The molecule has 1 saturated heterocycles. The van der Waals surface area contributed by atoms with E-state index >= 15 is 0 Å². The number of benzene rings is 1. The summed E-state index contributed by atoms with van der Waals surface area (Å²) in [5.74, 6) is -0.254. The zero-order valence-electron chi connectivity index (χ0n) is 14.5. The Morgan fingerprint density at radius 3 is 2.65 bits per heavy atom. The molecule has 3 amide bonds. The van der Waals surface area contributed by atoms with Crippen molar-refractivity contribution >= 4 is 35.0 Å². The van der Waals surface area contributed by atoms with Gasteiger partial charge in [0.25, 0.3) is 5.91 Å². The van der Waals surface area contributed by atoms with Gasteiger partial charge in [-0.3, -0.25) is 14.4 Å². The van der Waals surface area contributed by atoms with Crippen molar-refractivity contribution in [2.45, 2.75) is 38.1 Å². The molecule has 2 aliphatic heterocycles. The van der Waals surface area contributed by atoms with E-state index in [9.17, 15) is 14.4 Å². The van der Waals surface area contributed by atoms with Crippen LogP contribution in [-0.2, 0) is 9.59 Å². The minimum absolute atomic E-state index is 0.0656. The van der Waals surface area contributed by atoms with Crippen LogP contribution in [0.4, 0.5) is 5.69 Å². The summed E-state index contributed by atoms with van der Waals surface area (Å²) in [6, 6.07) is 4.22. The van der Waals surface area contributed by atoms with E-state index in [0.29, 0.717) is 29.4 Å². The molecule has 4 rings (SSSR count). The van der Waals surface area contributed by atoms with Crippen molar-refractivity contribution in [1.29, 1.82) is 0 Å². The van der Waals surface area contributed by atoms with E-state index in [2.05, 4.69) is 5.32 Å². The van der Waals surface area contributed by atoms with E-state index in [1.807, 2.05) is 0 Å². The van der Waals surface area contributed by atoms with Crippen molar-refractivity contribution in [2.75, 3.05) is 25.0 Å². The number of anilines is 1. The molecule has 1 atom stereocenters. The molecule has 2 fully saturated rings. The minimum Gasteiger partial charge on any atom is -0.338 e. The van der Waals surface area contributed by atoms with Crippen LogP contribution in [0.2, 0.25) is 5.02 Å². The first kappa shape index (κ1) is 17.3. The highest BCUT2D eigenvalue weighted by Crippen LogP contribution is 2.30. The Labute approximate surface area is 157 Å². The fourth-order valence-electron chi connectivity index (χ4n) is 4.24. The summed E-state index contributed by atoms with van der Waals surface area (Å²) in [6.07, 6.45) is 5.24. The molecule has 0 unspecified atom stereocenters. The summed E-state index contributed by atoms with van der Waals surface area (Å²) in [5, 5.41) is 3.27. The molecular formula is C19H22ClN3O3. The van der Waals surface area contributed by atoms with Gasteiger partial charge < -0.3 is 15.1 Å². The van der Waals surface area contributed by atoms with Crippen LogP contribution in [0.1, 0.15) is 42.5 Å². The third-order valence-electron chi connectivity index (χ3n) is 5.68. The number of nitrogens with zero attached hydrogens (tertiary/aromatic N) is 2. The molecule has 7 heteroatoms. The van der Waals surface area contributed by atoms with Gasteiger partial charge in [0.1, 0.15) is 6.04 Å². The fraction of sp³-hybridized carbons (Fsp3) is 0.526. The number of hydrogen-bond acceptors (Lipinski definition) is 3. The largest absolute Gasteiger partial charge is 0.338 e. The van der Waals surface area contributed by atoms with Gasteiger partial charge in [-0.15, -0.1) is 0 Å². The van der Waals surface area contributed by atoms with Crippen LogP contribution in [0.25, 0.3) is 0 Å². The van der Waals surface area contributed by atoms with Crippen molar-refractivity contribution in [1.82, 2.24) is 9.80 Å². The maximum atomic E-state index is 12.9. The number of rotatable bonds is 1. The molecular weight excluding hydrogens is 354 g/mol. The Morgan fingerprint density at radius 1 is 1.12 bits per heavy atom. The van der Waals surface area contributed by atoms with Crippen LogP contribution in [0.3, 0.4) is 0 Å². The van der Waals surface area contributed by atoms with E-state index in [0.717, 1.165) is 25.7 Å². The monoisotopic (exact) mass is 375 g/mol. The average Bonchev–Trinajstić information content (AvgIpc) is 2.76. The zero-order valence-corrected chi connectivity index (χ0v) is 15.3. The quantitative estimate of drug-likeness (QED) is 0.820. The van der Waals surface area contributed by atoms with Gasteiger partial charge >= 0.3 is 0 Å². The van der Waals surface area contributed by atoms with Gasteiger partial charge in [-0.2, -0.15) is 0 Å². The van der Waals surface area contributed by atoms with E-state index < -0.39 is 6.04 Å². The number of carbonyl (C=O) groups excluding carboxylic acids is 3. The normalized spacial score (nSPS) is 23.8. The molecule has 1 aromatic rings. The second kappa shape index (κ2) is 6.91. The Morgan fingerprint density at radius 2 is 1.88 bits per heavy atom. The van der Waals surface area contributed by atoms with Crippen LogP contribution >= 0.6 is 11.6 Å². The van der Waals surface area contributed by atoms with Crippen molar-refractivity contribution in [2.24, 2.45) is 5.92 Å². The first-order valence-corrected chi connectivity index (χ1v) is 9.62. The van der Waals surface area contributed by atoms with Crippen LogP contribution in [0.15, 0.2) is 18.2 Å². The lowest BCUT2D eigenvalue weighted by molar-refractivity contribution is -0.140. The lowest BCUT2D eigenvalue weighted by atomic mass is 9.88. The fourth-order valence-corrected chi connectivity index (χ4v) is 4.41. The molecule has 26 heavy (non-hydrogen) atoms. The second-order valence-electron chi connectivity index (χ2n) is 7.31. The molecule has 1 saturated carbocycles. The molecule has 1 aliphatic carbocycles. The average molecular weight is 376 g/mol. The number of nitrogens with one attached hydrogen (secondary N) is 1. The first-order valence-electron chi connectivity index (χ1n) is 9.25. The maximum absolute atomic E-state index is 12.9. The number of carbonyl (C=O) groups is 3. The minimum atomic E-state index is -0.657. The highest BCUT2D eigenvalue weighted by Gasteiger charge is 2.41. The molecule has 2 heterocycles. The highest BCUT2D eigenvalue weighted by atomic mass is 35.5. The summed E-state index contributed by atoms with van der Waals surface area (Å²) in [4.78, 5) is 41.8. The van der Waals surface area contributed by atoms with Crippen LogP contribution in [0.5, 0.6) is 0 Å². The Hall–Kier alpha value is -2.08. The zero-order chi connectivity index (χ0) is 18.3. The van der Waals surface area contributed by atoms with Gasteiger partial charge in [-0.1, -0.05) is 30.9 Å².